The van der Waals surface area contributed by atoms with Crippen molar-refractivity contribution in [2.45, 2.75) is 19.9 Å². The highest BCUT2D eigenvalue weighted by Crippen LogP contribution is 2.12. The van der Waals surface area contributed by atoms with E-state index in [4.69, 9.17) is 18.0 Å². The number of carbonyl (C=O) groups excluding carboxylic acids is 1. The van der Waals surface area contributed by atoms with Gasteiger partial charge in [0.2, 0.25) is 0 Å². The molecule has 0 aliphatic carbocycles. The summed E-state index contributed by atoms with van der Waals surface area (Å²) in [5.74, 6) is -0.216. The molecule has 1 aromatic carbocycles. The van der Waals surface area contributed by atoms with Gasteiger partial charge in [0.25, 0.3) is 5.91 Å². The lowest BCUT2D eigenvalue weighted by Gasteiger charge is -2.05. The average Bonchev–Trinajstić information content (AvgIpc) is 2.87. The Balaban J connectivity index is 2.15. The predicted molar refractivity (Wildman–Crippen MR) is 82.9 cm³/mol. The number of aromatic nitrogens is 2. The number of benzene rings is 1. The van der Waals surface area contributed by atoms with Crippen LogP contribution in [0.2, 0.25) is 0 Å². The molecule has 3 N–H and O–H groups in total. The maximum Gasteiger partial charge on any atom is 0.255 e. The molecule has 20 heavy (non-hydrogen) atoms. The van der Waals surface area contributed by atoms with Crippen molar-refractivity contribution in [2.24, 2.45) is 5.73 Å². The highest BCUT2D eigenvalue weighted by Gasteiger charge is 2.09. The summed E-state index contributed by atoms with van der Waals surface area (Å²) in [6, 6.07) is 7.16. The third-order valence-corrected chi connectivity index (χ3v) is 3.03. The fourth-order valence-corrected chi connectivity index (χ4v) is 1.83. The topological polar surface area (TPSA) is 72.9 Å². The molecule has 6 heteroatoms. The Kier molecular flexibility index (Phi) is 4.14. The summed E-state index contributed by atoms with van der Waals surface area (Å²) in [4.78, 5) is 12.4. The van der Waals surface area contributed by atoms with Crippen molar-refractivity contribution in [3.8, 4) is 0 Å². The summed E-state index contributed by atoms with van der Waals surface area (Å²) in [6.07, 6.45) is 3.41. The SMILES string of the molecule is CC(C)n1cc(NC(=O)c2cccc(C(N)=S)c2)cn1. The van der Waals surface area contributed by atoms with E-state index in [1.165, 1.54) is 0 Å². The van der Waals surface area contributed by atoms with Crippen molar-refractivity contribution in [1.82, 2.24) is 9.78 Å². The van der Waals surface area contributed by atoms with Crippen LogP contribution >= 0.6 is 12.2 Å². The number of nitrogens with one attached hydrogen (secondary N) is 1. The van der Waals surface area contributed by atoms with Gasteiger partial charge in [0.1, 0.15) is 4.99 Å². The van der Waals surface area contributed by atoms with Gasteiger partial charge in [-0.3, -0.25) is 9.48 Å². The summed E-state index contributed by atoms with van der Waals surface area (Å²) in [5, 5.41) is 6.96. The molecule has 5 nitrogen and oxygen atoms in total. The first-order valence-corrected chi connectivity index (χ1v) is 6.63. The van der Waals surface area contributed by atoms with E-state index >= 15 is 0 Å². The van der Waals surface area contributed by atoms with Crippen LogP contribution in [0.3, 0.4) is 0 Å². The molecule has 0 saturated heterocycles. The number of hydrogen-bond donors (Lipinski definition) is 2. The van der Waals surface area contributed by atoms with Gasteiger partial charge in [0.05, 0.1) is 11.9 Å². The highest BCUT2D eigenvalue weighted by molar-refractivity contribution is 7.80. The van der Waals surface area contributed by atoms with Gasteiger partial charge in [-0.1, -0.05) is 24.4 Å². The van der Waals surface area contributed by atoms with Crippen LogP contribution in [-0.4, -0.2) is 20.7 Å². The lowest BCUT2D eigenvalue weighted by molar-refractivity contribution is 0.102. The van der Waals surface area contributed by atoms with Crippen LogP contribution in [0.1, 0.15) is 35.8 Å². The van der Waals surface area contributed by atoms with Crippen LogP contribution < -0.4 is 11.1 Å². The molecule has 2 rings (SSSR count). The Labute approximate surface area is 122 Å². The molecule has 1 aromatic heterocycles. The Bertz CT molecular complexity index is 648. The minimum Gasteiger partial charge on any atom is -0.389 e. The van der Waals surface area contributed by atoms with Crippen molar-refractivity contribution >= 4 is 28.8 Å². The molecular weight excluding hydrogens is 272 g/mol. The lowest BCUT2D eigenvalue weighted by Crippen LogP contribution is -2.14. The Morgan fingerprint density at radius 2 is 2.10 bits per heavy atom. The van der Waals surface area contributed by atoms with Crippen LogP contribution in [0.15, 0.2) is 36.7 Å². The number of carbonyl (C=O) groups is 1. The summed E-state index contributed by atoms with van der Waals surface area (Å²) < 4.78 is 1.78. The molecule has 0 aliphatic heterocycles. The molecule has 1 amide bonds. The number of rotatable bonds is 4. The van der Waals surface area contributed by atoms with E-state index in [1.54, 1.807) is 41.3 Å². The van der Waals surface area contributed by atoms with E-state index in [-0.39, 0.29) is 16.9 Å². The van der Waals surface area contributed by atoms with Gasteiger partial charge in [-0.15, -0.1) is 0 Å². The smallest absolute Gasteiger partial charge is 0.255 e. The molecule has 2 aromatic rings. The van der Waals surface area contributed by atoms with Gasteiger partial charge in [-0.2, -0.15) is 5.10 Å². The molecule has 0 spiro atoms. The Morgan fingerprint density at radius 1 is 1.40 bits per heavy atom. The predicted octanol–water partition coefficient (Wildman–Crippen LogP) is 2.35. The minimum absolute atomic E-state index is 0.216. The molecule has 0 unspecified atom stereocenters. The summed E-state index contributed by atoms with van der Waals surface area (Å²) in [6.45, 7) is 4.04. The second kappa shape index (κ2) is 5.83. The first-order valence-electron chi connectivity index (χ1n) is 6.22. The maximum absolute atomic E-state index is 12.1. The number of amides is 1. The van der Waals surface area contributed by atoms with Crippen molar-refractivity contribution < 1.29 is 4.79 Å². The Hall–Kier alpha value is -2.21. The normalized spacial score (nSPS) is 10.6. The van der Waals surface area contributed by atoms with E-state index in [9.17, 15) is 4.79 Å². The zero-order valence-electron chi connectivity index (χ0n) is 11.3. The summed E-state index contributed by atoms with van der Waals surface area (Å²) >= 11 is 4.90. The third kappa shape index (κ3) is 3.21. The van der Waals surface area contributed by atoms with Crippen LogP contribution in [0.4, 0.5) is 5.69 Å². The van der Waals surface area contributed by atoms with Crippen LogP contribution in [0.25, 0.3) is 0 Å². The minimum atomic E-state index is -0.216. The second-order valence-electron chi connectivity index (χ2n) is 4.70. The summed E-state index contributed by atoms with van der Waals surface area (Å²) in [7, 11) is 0. The maximum atomic E-state index is 12.1. The van der Waals surface area contributed by atoms with Crippen LogP contribution in [0, 0.1) is 0 Å². The molecule has 0 aliphatic rings. The fourth-order valence-electron chi connectivity index (χ4n) is 1.70. The molecule has 0 radical (unpaired) electrons. The van der Waals surface area contributed by atoms with Gasteiger partial charge < -0.3 is 11.1 Å². The number of nitrogens with two attached hydrogens (primary N) is 1. The number of hydrogen-bond acceptors (Lipinski definition) is 3. The third-order valence-electron chi connectivity index (χ3n) is 2.80. The van der Waals surface area contributed by atoms with Gasteiger partial charge in [0.15, 0.2) is 0 Å². The zero-order chi connectivity index (χ0) is 14.7. The zero-order valence-corrected chi connectivity index (χ0v) is 12.1. The fraction of sp³-hybridized carbons (Fsp3) is 0.214. The molecule has 0 bridgehead atoms. The average molecular weight is 288 g/mol. The van der Waals surface area contributed by atoms with Gasteiger partial charge >= 0.3 is 0 Å². The number of thiocarbonyl (C=S) groups is 1. The van der Waals surface area contributed by atoms with Crippen molar-refractivity contribution in [3.63, 3.8) is 0 Å². The van der Waals surface area contributed by atoms with Crippen LogP contribution in [0.5, 0.6) is 0 Å². The van der Waals surface area contributed by atoms with Crippen molar-refractivity contribution in [1.29, 1.82) is 0 Å². The second-order valence-corrected chi connectivity index (χ2v) is 5.14. The number of anilines is 1. The molecule has 0 atom stereocenters. The first-order chi connectivity index (χ1) is 9.47. The van der Waals surface area contributed by atoms with E-state index in [0.717, 1.165) is 0 Å². The van der Waals surface area contributed by atoms with Gasteiger partial charge in [-0.05, 0) is 26.0 Å². The molecule has 0 fully saturated rings. The van der Waals surface area contributed by atoms with E-state index in [1.807, 2.05) is 13.8 Å². The van der Waals surface area contributed by atoms with E-state index < -0.39 is 0 Å². The molecular formula is C14H16N4OS. The molecule has 104 valence electrons. The van der Waals surface area contributed by atoms with Gasteiger partial charge in [-0.25, -0.2) is 0 Å². The standard InChI is InChI=1S/C14H16N4OS/c1-9(2)18-8-12(7-16-18)17-14(19)11-5-3-4-10(6-11)13(15)20/h3-9H,1-2H3,(H2,15,20)(H,17,19). The molecule has 1 heterocycles. The number of nitrogens with zero attached hydrogens (tertiary/aromatic N) is 2. The summed E-state index contributed by atoms with van der Waals surface area (Å²) in [5.41, 5.74) is 7.39. The van der Waals surface area contributed by atoms with E-state index in [0.29, 0.717) is 16.8 Å². The molecule has 0 saturated carbocycles. The quantitative estimate of drug-likeness (QED) is 0.847. The van der Waals surface area contributed by atoms with Gasteiger partial charge in [0, 0.05) is 23.4 Å². The highest BCUT2D eigenvalue weighted by atomic mass is 32.1. The van der Waals surface area contributed by atoms with Crippen molar-refractivity contribution in [3.05, 3.63) is 47.8 Å². The first kappa shape index (κ1) is 14.2. The van der Waals surface area contributed by atoms with E-state index in [2.05, 4.69) is 10.4 Å². The monoisotopic (exact) mass is 288 g/mol. The lowest BCUT2D eigenvalue weighted by atomic mass is 10.1. The van der Waals surface area contributed by atoms with Crippen LogP contribution in [-0.2, 0) is 0 Å². The largest absolute Gasteiger partial charge is 0.389 e. The Morgan fingerprint density at radius 3 is 2.70 bits per heavy atom. The van der Waals surface area contributed by atoms with Crippen molar-refractivity contribution in [2.75, 3.05) is 5.32 Å².